The Labute approximate surface area is 130 Å². The first-order valence-corrected chi connectivity index (χ1v) is 7.90. The number of aryl methyl sites for hydroxylation is 1. The number of fused-ring (bicyclic) bond motifs is 1. The molecule has 1 aromatic carbocycles. The molecule has 1 fully saturated rings. The van der Waals surface area contributed by atoms with Crippen molar-refractivity contribution in [3.8, 4) is 11.5 Å². The van der Waals surface area contributed by atoms with E-state index in [9.17, 15) is 0 Å². The summed E-state index contributed by atoms with van der Waals surface area (Å²) in [5, 5.41) is 4.48. The molecular weight excluding hydrogens is 278 g/mol. The molecule has 0 bridgehead atoms. The lowest BCUT2D eigenvalue weighted by Crippen LogP contribution is -2.36. The van der Waals surface area contributed by atoms with E-state index < -0.39 is 0 Å². The standard InChI is InChI=1S/C17H21N3O2/c1-13-8-18-20(9-13)15-5-3-7-19(11-15)10-14-4-2-6-16-17(14)22-12-21-16/h2,4,6,8-9,15H,3,5,7,10-12H2,1H3. The zero-order valence-corrected chi connectivity index (χ0v) is 12.9. The van der Waals surface area contributed by atoms with Crippen LogP contribution in [0.2, 0.25) is 0 Å². The van der Waals surface area contributed by atoms with Gasteiger partial charge in [-0.3, -0.25) is 9.58 Å². The van der Waals surface area contributed by atoms with Crippen molar-refractivity contribution in [1.82, 2.24) is 14.7 Å². The Bertz CT molecular complexity index is 668. The molecule has 1 unspecified atom stereocenters. The predicted octanol–water partition coefficient (Wildman–Crippen LogP) is 2.76. The van der Waals surface area contributed by atoms with Gasteiger partial charge >= 0.3 is 0 Å². The Kier molecular flexibility index (Phi) is 3.50. The molecule has 3 heterocycles. The van der Waals surface area contributed by atoms with E-state index in [1.54, 1.807) is 0 Å². The summed E-state index contributed by atoms with van der Waals surface area (Å²) in [6.45, 7) is 5.49. The Morgan fingerprint density at radius 3 is 3.14 bits per heavy atom. The minimum Gasteiger partial charge on any atom is -0.454 e. The third-order valence-corrected chi connectivity index (χ3v) is 4.46. The Morgan fingerprint density at radius 2 is 2.27 bits per heavy atom. The molecule has 1 aromatic heterocycles. The van der Waals surface area contributed by atoms with E-state index in [-0.39, 0.29) is 0 Å². The van der Waals surface area contributed by atoms with Gasteiger partial charge in [0, 0.05) is 24.8 Å². The fourth-order valence-corrected chi connectivity index (χ4v) is 3.38. The molecule has 0 aliphatic carbocycles. The van der Waals surface area contributed by atoms with Gasteiger partial charge < -0.3 is 9.47 Å². The van der Waals surface area contributed by atoms with E-state index in [4.69, 9.17) is 9.47 Å². The molecular formula is C17H21N3O2. The van der Waals surface area contributed by atoms with Crippen LogP contribution in [-0.4, -0.2) is 34.6 Å². The lowest BCUT2D eigenvalue weighted by Gasteiger charge is -2.33. The second-order valence-corrected chi connectivity index (χ2v) is 6.18. The number of nitrogens with zero attached hydrogens (tertiary/aromatic N) is 3. The quantitative estimate of drug-likeness (QED) is 0.873. The smallest absolute Gasteiger partial charge is 0.231 e. The average Bonchev–Trinajstić information content (AvgIpc) is 3.17. The van der Waals surface area contributed by atoms with Crippen molar-refractivity contribution in [2.75, 3.05) is 19.9 Å². The summed E-state index contributed by atoms with van der Waals surface area (Å²) < 4.78 is 13.2. The molecule has 22 heavy (non-hydrogen) atoms. The number of para-hydroxylation sites is 1. The maximum Gasteiger partial charge on any atom is 0.231 e. The first kappa shape index (κ1) is 13.6. The Hall–Kier alpha value is -2.01. The topological polar surface area (TPSA) is 39.5 Å². The third-order valence-electron chi connectivity index (χ3n) is 4.46. The predicted molar refractivity (Wildman–Crippen MR) is 83.1 cm³/mol. The van der Waals surface area contributed by atoms with Gasteiger partial charge in [0.05, 0.1) is 12.2 Å². The highest BCUT2D eigenvalue weighted by atomic mass is 16.7. The second kappa shape index (κ2) is 5.65. The zero-order valence-electron chi connectivity index (χ0n) is 12.9. The highest BCUT2D eigenvalue weighted by Gasteiger charge is 2.24. The maximum absolute atomic E-state index is 5.62. The summed E-state index contributed by atoms with van der Waals surface area (Å²) in [4.78, 5) is 2.49. The molecule has 1 saturated heterocycles. The second-order valence-electron chi connectivity index (χ2n) is 6.18. The van der Waals surface area contributed by atoms with Crippen LogP contribution in [0.3, 0.4) is 0 Å². The molecule has 0 radical (unpaired) electrons. The number of hydrogen-bond donors (Lipinski definition) is 0. The number of benzene rings is 1. The van der Waals surface area contributed by atoms with Crippen LogP contribution in [-0.2, 0) is 6.54 Å². The first-order valence-electron chi connectivity index (χ1n) is 7.90. The molecule has 2 aliphatic rings. The van der Waals surface area contributed by atoms with E-state index in [0.717, 1.165) is 31.1 Å². The van der Waals surface area contributed by atoms with Crippen molar-refractivity contribution in [2.24, 2.45) is 0 Å². The molecule has 0 N–H and O–H groups in total. The van der Waals surface area contributed by atoms with Crippen molar-refractivity contribution in [3.63, 3.8) is 0 Å². The van der Waals surface area contributed by atoms with Gasteiger partial charge in [-0.25, -0.2) is 0 Å². The number of aromatic nitrogens is 2. The van der Waals surface area contributed by atoms with Crippen LogP contribution >= 0.6 is 0 Å². The fraction of sp³-hybridized carbons (Fsp3) is 0.471. The van der Waals surface area contributed by atoms with Crippen molar-refractivity contribution in [1.29, 1.82) is 0 Å². The van der Waals surface area contributed by atoms with Gasteiger partial charge in [0.1, 0.15) is 0 Å². The largest absolute Gasteiger partial charge is 0.454 e. The van der Waals surface area contributed by atoms with Gasteiger partial charge in [-0.15, -0.1) is 0 Å². The summed E-state index contributed by atoms with van der Waals surface area (Å²) in [6, 6.07) is 6.62. The van der Waals surface area contributed by atoms with Crippen LogP contribution in [0.4, 0.5) is 0 Å². The lowest BCUT2D eigenvalue weighted by atomic mass is 10.0. The number of piperidine rings is 1. The lowest BCUT2D eigenvalue weighted by molar-refractivity contribution is 0.156. The van der Waals surface area contributed by atoms with Crippen LogP contribution in [0.1, 0.15) is 30.0 Å². The fourth-order valence-electron chi connectivity index (χ4n) is 3.38. The van der Waals surface area contributed by atoms with Crippen molar-refractivity contribution >= 4 is 0 Å². The summed E-state index contributed by atoms with van der Waals surface area (Å²) in [6.07, 6.45) is 6.49. The molecule has 4 rings (SSSR count). The minimum atomic E-state index is 0.335. The van der Waals surface area contributed by atoms with Crippen LogP contribution in [0.5, 0.6) is 11.5 Å². The van der Waals surface area contributed by atoms with E-state index >= 15 is 0 Å². The zero-order chi connectivity index (χ0) is 14.9. The third kappa shape index (κ3) is 2.57. The number of rotatable bonds is 3. The van der Waals surface area contributed by atoms with Gasteiger partial charge in [0.2, 0.25) is 6.79 Å². The molecule has 0 saturated carbocycles. The Morgan fingerprint density at radius 1 is 1.32 bits per heavy atom. The van der Waals surface area contributed by atoms with E-state index in [1.807, 2.05) is 18.3 Å². The highest BCUT2D eigenvalue weighted by molar-refractivity contribution is 5.48. The molecule has 2 aliphatic heterocycles. The van der Waals surface area contributed by atoms with E-state index in [1.165, 1.54) is 24.0 Å². The Balaban J connectivity index is 1.48. The van der Waals surface area contributed by atoms with Gasteiger partial charge in [-0.1, -0.05) is 12.1 Å². The SMILES string of the molecule is Cc1cnn(C2CCCN(Cc3cccc4c3OCO4)C2)c1. The summed E-state index contributed by atoms with van der Waals surface area (Å²) in [5.41, 5.74) is 2.44. The number of likely N-dealkylation sites (tertiary alicyclic amines) is 1. The van der Waals surface area contributed by atoms with Crippen molar-refractivity contribution < 1.29 is 9.47 Å². The van der Waals surface area contributed by atoms with Crippen LogP contribution in [0, 0.1) is 6.92 Å². The molecule has 1 atom stereocenters. The highest BCUT2D eigenvalue weighted by Crippen LogP contribution is 2.36. The van der Waals surface area contributed by atoms with E-state index in [0.29, 0.717) is 12.8 Å². The van der Waals surface area contributed by atoms with Gasteiger partial charge in [-0.05, 0) is 37.9 Å². The maximum atomic E-state index is 5.62. The van der Waals surface area contributed by atoms with Gasteiger partial charge in [-0.2, -0.15) is 5.10 Å². The van der Waals surface area contributed by atoms with Crippen molar-refractivity contribution in [2.45, 2.75) is 32.4 Å². The molecule has 0 spiro atoms. The van der Waals surface area contributed by atoms with Crippen LogP contribution in [0.25, 0.3) is 0 Å². The molecule has 116 valence electrons. The van der Waals surface area contributed by atoms with Gasteiger partial charge in [0.25, 0.3) is 0 Å². The number of hydrogen-bond acceptors (Lipinski definition) is 4. The van der Waals surface area contributed by atoms with Gasteiger partial charge in [0.15, 0.2) is 11.5 Å². The summed E-state index contributed by atoms with van der Waals surface area (Å²) in [5.74, 6) is 1.79. The molecule has 5 heteroatoms. The number of ether oxygens (including phenoxy) is 2. The molecule has 5 nitrogen and oxygen atoms in total. The minimum absolute atomic E-state index is 0.335. The normalized spacial score (nSPS) is 21.2. The average molecular weight is 299 g/mol. The molecule has 2 aromatic rings. The monoisotopic (exact) mass is 299 g/mol. The van der Waals surface area contributed by atoms with Crippen LogP contribution in [0.15, 0.2) is 30.6 Å². The first-order chi connectivity index (χ1) is 10.8. The van der Waals surface area contributed by atoms with Crippen molar-refractivity contribution in [3.05, 3.63) is 41.7 Å². The van der Waals surface area contributed by atoms with E-state index in [2.05, 4.69) is 33.9 Å². The summed E-state index contributed by atoms with van der Waals surface area (Å²) >= 11 is 0. The van der Waals surface area contributed by atoms with Crippen LogP contribution < -0.4 is 9.47 Å². The molecule has 0 amide bonds. The summed E-state index contributed by atoms with van der Waals surface area (Å²) in [7, 11) is 0.